The summed E-state index contributed by atoms with van der Waals surface area (Å²) in [6.07, 6.45) is 1.19. The van der Waals surface area contributed by atoms with Gasteiger partial charge in [-0.1, -0.05) is 6.07 Å². The van der Waals surface area contributed by atoms with Crippen molar-refractivity contribution < 1.29 is 14.2 Å². The highest BCUT2D eigenvalue weighted by atomic mass is 19.1. The van der Waals surface area contributed by atoms with Gasteiger partial charge in [0.1, 0.15) is 5.82 Å². The number of aliphatic hydroxyl groups is 1. The number of nitrogens with zero attached hydrogens (tertiary/aromatic N) is 1. The van der Waals surface area contributed by atoms with Crippen LogP contribution in [0.5, 0.6) is 0 Å². The Hall–Kier alpha value is -1.17. The van der Waals surface area contributed by atoms with E-state index in [-0.39, 0.29) is 5.82 Å². The number of hydrogen-bond donors (Lipinski definition) is 2. The zero-order valence-corrected chi connectivity index (χ0v) is 12.1. The minimum absolute atomic E-state index is 0.302. The van der Waals surface area contributed by atoms with Crippen molar-refractivity contribution in [3.63, 3.8) is 0 Å². The van der Waals surface area contributed by atoms with E-state index in [1.165, 1.54) is 6.07 Å². The van der Waals surface area contributed by atoms with Gasteiger partial charge in [-0.15, -0.1) is 0 Å². The summed E-state index contributed by atoms with van der Waals surface area (Å²) in [6, 6.07) is 4.53. The Labute approximate surface area is 119 Å². The minimum Gasteiger partial charge on any atom is -0.388 e. The summed E-state index contributed by atoms with van der Waals surface area (Å²) in [5.74, 6) is -0.302. The lowest BCUT2D eigenvalue weighted by atomic mass is 9.93. The summed E-state index contributed by atoms with van der Waals surface area (Å²) < 4.78 is 19.2. The molecule has 4 nitrogen and oxygen atoms in total. The Bertz CT molecular complexity index is 459. The van der Waals surface area contributed by atoms with Crippen molar-refractivity contribution in [3.05, 3.63) is 29.6 Å². The fourth-order valence-corrected chi connectivity index (χ4v) is 2.75. The van der Waals surface area contributed by atoms with Crippen molar-refractivity contribution >= 4 is 5.69 Å². The zero-order chi connectivity index (χ0) is 14.8. The van der Waals surface area contributed by atoms with Crippen LogP contribution >= 0.6 is 0 Å². The maximum atomic E-state index is 13.9. The molecule has 0 spiro atoms. The first-order valence-electron chi connectivity index (χ1n) is 6.98. The van der Waals surface area contributed by atoms with Gasteiger partial charge in [-0.05, 0) is 19.1 Å². The number of hydrogen-bond acceptors (Lipinski definition) is 4. The molecule has 1 aromatic carbocycles. The molecule has 0 radical (unpaired) electrons. The van der Waals surface area contributed by atoms with E-state index in [0.29, 0.717) is 38.2 Å². The fraction of sp³-hybridized carbons (Fsp3) is 0.600. The van der Waals surface area contributed by atoms with Gasteiger partial charge in [-0.25, -0.2) is 4.39 Å². The highest BCUT2D eigenvalue weighted by molar-refractivity contribution is 5.55. The smallest absolute Gasteiger partial charge is 0.130 e. The van der Waals surface area contributed by atoms with Crippen molar-refractivity contribution in [2.24, 2.45) is 5.73 Å². The molecule has 112 valence electrons. The van der Waals surface area contributed by atoms with Crippen molar-refractivity contribution in [2.45, 2.75) is 31.4 Å². The predicted octanol–water partition coefficient (Wildman–Crippen LogP) is 1.82. The van der Waals surface area contributed by atoms with Crippen LogP contribution in [0.15, 0.2) is 18.2 Å². The van der Waals surface area contributed by atoms with E-state index in [9.17, 15) is 9.50 Å². The fourth-order valence-electron chi connectivity index (χ4n) is 2.75. The largest absolute Gasteiger partial charge is 0.388 e. The van der Waals surface area contributed by atoms with Gasteiger partial charge in [-0.3, -0.25) is 0 Å². The quantitative estimate of drug-likeness (QED) is 0.884. The number of likely N-dealkylation sites (N-methyl/N-ethyl adjacent to an activating group) is 1. The monoisotopic (exact) mass is 282 g/mol. The van der Waals surface area contributed by atoms with Crippen LogP contribution in [0.25, 0.3) is 0 Å². The van der Waals surface area contributed by atoms with Gasteiger partial charge < -0.3 is 20.5 Å². The topological polar surface area (TPSA) is 58.7 Å². The molecular formula is C15H23FN2O2. The second-order valence-electron chi connectivity index (χ2n) is 5.65. The first kappa shape index (κ1) is 15.2. The van der Waals surface area contributed by atoms with Gasteiger partial charge in [0.15, 0.2) is 0 Å². The number of rotatable bonds is 4. The summed E-state index contributed by atoms with van der Waals surface area (Å²) in [4.78, 5) is 1.88. The standard InChI is InChI=1S/C15H23FN2O2/c1-11(17)14-12(16)4-3-5-13(14)18(2)10-15(19)6-8-20-9-7-15/h3-5,11,19H,6-10,17H2,1-2H3/t11-/m1/s1. The Morgan fingerprint density at radius 1 is 1.45 bits per heavy atom. The number of benzene rings is 1. The maximum Gasteiger partial charge on any atom is 0.130 e. The molecule has 1 atom stereocenters. The summed E-state index contributed by atoms with van der Waals surface area (Å²) in [7, 11) is 1.86. The predicted molar refractivity (Wildman–Crippen MR) is 77.3 cm³/mol. The third-order valence-electron chi connectivity index (χ3n) is 3.85. The van der Waals surface area contributed by atoms with Gasteiger partial charge in [-0.2, -0.15) is 0 Å². The van der Waals surface area contributed by atoms with E-state index >= 15 is 0 Å². The maximum absolute atomic E-state index is 13.9. The molecule has 0 bridgehead atoms. The molecule has 5 heteroatoms. The number of halogens is 1. The van der Waals surface area contributed by atoms with Crippen LogP contribution in [-0.2, 0) is 4.74 Å². The highest BCUT2D eigenvalue weighted by Gasteiger charge is 2.32. The highest BCUT2D eigenvalue weighted by Crippen LogP contribution is 2.30. The number of ether oxygens (including phenoxy) is 1. The summed E-state index contributed by atoms with van der Waals surface area (Å²) in [6.45, 7) is 3.33. The van der Waals surface area contributed by atoms with Gasteiger partial charge in [0.2, 0.25) is 0 Å². The molecule has 1 heterocycles. The van der Waals surface area contributed by atoms with Crippen LogP contribution in [-0.4, -0.2) is 37.5 Å². The minimum atomic E-state index is -0.783. The third kappa shape index (κ3) is 3.29. The van der Waals surface area contributed by atoms with E-state index < -0.39 is 11.6 Å². The molecule has 1 aliphatic heterocycles. The van der Waals surface area contributed by atoms with E-state index in [2.05, 4.69) is 0 Å². The summed E-state index contributed by atoms with van der Waals surface area (Å²) in [5.41, 5.74) is 6.31. The van der Waals surface area contributed by atoms with Crippen molar-refractivity contribution in [3.8, 4) is 0 Å². The van der Waals surface area contributed by atoms with Crippen LogP contribution < -0.4 is 10.6 Å². The molecule has 1 aliphatic rings. The molecule has 0 saturated carbocycles. The second kappa shape index (κ2) is 6.08. The summed E-state index contributed by atoms with van der Waals surface area (Å²) in [5, 5.41) is 10.6. The first-order chi connectivity index (χ1) is 9.43. The SMILES string of the molecule is C[C@@H](N)c1c(F)cccc1N(C)CC1(O)CCOCC1. The molecule has 0 aliphatic carbocycles. The van der Waals surface area contributed by atoms with Gasteiger partial charge in [0.25, 0.3) is 0 Å². The van der Waals surface area contributed by atoms with Crippen LogP contribution in [0.1, 0.15) is 31.4 Å². The molecule has 2 rings (SSSR count). The van der Waals surface area contributed by atoms with E-state index in [1.54, 1.807) is 13.0 Å². The van der Waals surface area contributed by atoms with Crippen LogP contribution in [0.3, 0.4) is 0 Å². The van der Waals surface area contributed by atoms with Crippen LogP contribution in [0.4, 0.5) is 10.1 Å². The van der Waals surface area contributed by atoms with E-state index in [0.717, 1.165) is 5.69 Å². The summed E-state index contributed by atoms with van der Waals surface area (Å²) >= 11 is 0. The van der Waals surface area contributed by atoms with Crippen molar-refractivity contribution in [1.82, 2.24) is 0 Å². The molecule has 1 aromatic rings. The lowest BCUT2D eigenvalue weighted by Gasteiger charge is -2.37. The van der Waals surface area contributed by atoms with Gasteiger partial charge in [0, 0.05) is 56.9 Å². The van der Waals surface area contributed by atoms with Crippen molar-refractivity contribution in [2.75, 3.05) is 31.7 Å². The number of anilines is 1. The Kier molecular flexibility index (Phi) is 4.62. The molecule has 0 aromatic heterocycles. The van der Waals surface area contributed by atoms with Crippen LogP contribution in [0.2, 0.25) is 0 Å². The molecule has 3 N–H and O–H groups in total. The zero-order valence-electron chi connectivity index (χ0n) is 12.1. The molecular weight excluding hydrogens is 259 g/mol. The molecule has 0 amide bonds. The first-order valence-corrected chi connectivity index (χ1v) is 6.98. The lowest BCUT2D eigenvalue weighted by Crippen LogP contribution is -2.46. The molecule has 1 fully saturated rings. The molecule has 20 heavy (non-hydrogen) atoms. The Morgan fingerprint density at radius 2 is 2.10 bits per heavy atom. The lowest BCUT2D eigenvalue weighted by molar-refractivity contribution is -0.0572. The van der Waals surface area contributed by atoms with Crippen molar-refractivity contribution in [1.29, 1.82) is 0 Å². The average molecular weight is 282 g/mol. The van der Waals surface area contributed by atoms with Crippen LogP contribution in [0, 0.1) is 5.82 Å². The van der Waals surface area contributed by atoms with E-state index in [1.807, 2.05) is 18.0 Å². The van der Waals surface area contributed by atoms with E-state index in [4.69, 9.17) is 10.5 Å². The third-order valence-corrected chi connectivity index (χ3v) is 3.85. The van der Waals surface area contributed by atoms with Gasteiger partial charge in [0.05, 0.1) is 5.60 Å². The second-order valence-corrected chi connectivity index (χ2v) is 5.65. The Balaban J connectivity index is 2.20. The Morgan fingerprint density at radius 3 is 2.70 bits per heavy atom. The number of nitrogens with two attached hydrogens (primary N) is 1. The van der Waals surface area contributed by atoms with Gasteiger partial charge >= 0.3 is 0 Å². The average Bonchev–Trinajstić information content (AvgIpc) is 2.38. The normalized spacial score (nSPS) is 19.6. The molecule has 1 saturated heterocycles. The molecule has 0 unspecified atom stereocenters.